The van der Waals surface area contributed by atoms with Gasteiger partial charge in [-0.3, -0.25) is 9.59 Å². The molecule has 34 heavy (non-hydrogen) atoms. The largest absolute Gasteiger partial charge is 0.462 e. The van der Waals surface area contributed by atoms with Gasteiger partial charge in [0.1, 0.15) is 17.7 Å². The highest BCUT2D eigenvalue weighted by atomic mass is 16.5. The van der Waals surface area contributed by atoms with Crippen molar-refractivity contribution >= 4 is 17.5 Å². The number of carbonyl (C=O) groups is 3. The molecular formula is C30H48O4. The van der Waals surface area contributed by atoms with Crippen molar-refractivity contribution in [3.05, 3.63) is 0 Å². The highest BCUT2D eigenvalue weighted by Gasteiger charge is 2.69. The van der Waals surface area contributed by atoms with E-state index in [2.05, 4.69) is 41.5 Å². The summed E-state index contributed by atoms with van der Waals surface area (Å²) in [7, 11) is 0. The zero-order chi connectivity index (χ0) is 25.3. The van der Waals surface area contributed by atoms with Gasteiger partial charge in [0.05, 0.1) is 0 Å². The van der Waals surface area contributed by atoms with Crippen LogP contribution in [0.5, 0.6) is 0 Å². The van der Waals surface area contributed by atoms with E-state index in [-0.39, 0.29) is 50.8 Å². The Morgan fingerprint density at radius 3 is 2.12 bits per heavy atom. The third kappa shape index (κ3) is 3.55. The molecule has 192 valence electrons. The lowest BCUT2D eigenvalue weighted by Crippen LogP contribution is -2.66. The van der Waals surface area contributed by atoms with Crippen LogP contribution in [-0.2, 0) is 19.1 Å². The van der Waals surface area contributed by atoms with E-state index in [0.717, 1.165) is 51.4 Å². The van der Waals surface area contributed by atoms with E-state index in [1.807, 2.05) is 0 Å². The Morgan fingerprint density at radius 2 is 1.50 bits per heavy atom. The van der Waals surface area contributed by atoms with E-state index in [0.29, 0.717) is 30.5 Å². The molecule has 4 heteroatoms. The molecule has 0 amide bonds. The maximum absolute atomic E-state index is 14.0. The second kappa shape index (κ2) is 8.17. The molecule has 0 aromatic rings. The van der Waals surface area contributed by atoms with Gasteiger partial charge in [0.25, 0.3) is 0 Å². The molecule has 4 rings (SSSR count). The summed E-state index contributed by atoms with van der Waals surface area (Å²) in [5.74, 6) is 1.70. The Bertz CT molecular complexity index is 875. The molecule has 0 saturated heterocycles. The van der Waals surface area contributed by atoms with Crippen molar-refractivity contribution in [1.82, 2.24) is 0 Å². The van der Waals surface area contributed by atoms with Gasteiger partial charge in [0.2, 0.25) is 0 Å². The lowest BCUT2D eigenvalue weighted by atomic mass is 9.33. The number of fused-ring (bicyclic) bond motifs is 5. The minimum atomic E-state index is -0.343. The Morgan fingerprint density at radius 1 is 0.824 bits per heavy atom. The second-order valence-electron chi connectivity index (χ2n) is 14.2. The molecule has 0 aromatic heterocycles. The van der Waals surface area contributed by atoms with Gasteiger partial charge < -0.3 is 9.53 Å². The molecule has 0 aromatic carbocycles. The van der Waals surface area contributed by atoms with Gasteiger partial charge >= 0.3 is 5.97 Å². The summed E-state index contributed by atoms with van der Waals surface area (Å²) < 4.78 is 5.84. The molecular weight excluding hydrogens is 424 g/mol. The maximum Gasteiger partial charge on any atom is 0.302 e. The normalized spacial score (nSPS) is 47.7. The third-order valence-electron chi connectivity index (χ3n) is 12.2. The number of rotatable bonds is 4. The van der Waals surface area contributed by atoms with Crippen LogP contribution in [0.2, 0.25) is 0 Å². The summed E-state index contributed by atoms with van der Waals surface area (Å²) in [6.45, 7) is 17.4. The Balaban J connectivity index is 1.64. The number of esters is 1. The Kier molecular flexibility index (Phi) is 6.22. The molecule has 4 aliphatic carbocycles. The molecule has 8 atom stereocenters. The molecule has 0 heterocycles. The van der Waals surface area contributed by atoms with E-state index in [1.165, 1.54) is 6.92 Å². The van der Waals surface area contributed by atoms with Crippen molar-refractivity contribution < 1.29 is 19.1 Å². The fourth-order valence-electron chi connectivity index (χ4n) is 9.98. The lowest BCUT2D eigenvalue weighted by Gasteiger charge is -2.71. The number of ether oxygens (including phenoxy) is 1. The molecule has 0 spiro atoms. The van der Waals surface area contributed by atoms with Crippen molar-refractivity contribution in [2.45, 2.75) is 126 Å². The molecule has 4 saturated carbocycles. The number of ketones is 2. The van der Waals surface area contributed by atoms with Crippen LogP contribution < -0.4 is 0 Å². The van der Waals surface area contributed by atoms with Gasteiger partial charge in [-0.2, -0.15) is 0 Å². The van der Waals surface area contributed by atoms with Crippen LogP contribution in [-0.4, -0.2) is 23.6 Å². The SMILES string of the molecule is CC(=O)CC[C@]1(C)CC[C@]2(C)[C@H](CC[C@@H]3[C@@]4(C)CC[C@H](OC(C)=O)C(C)(C)[C@@H]4CC[C@]32C)C1=O. The Hall–Kier alpha value is -1.19. The molecule has 0 radical (unpaired) electrons. The van der Waals surface area contributed by atoms with E-state index in [9.17, 15) is 14.4 Å². The van der Waals surface area contributed by atoms with Gasteiger partial charge in [-0.25, -0.2) is 0 Å². The first-order chi connectivity index (χ1) is 15.6. The van der Waals surface area contributed by atoms with E-state index in [4.69, 9.17) is 4.74 Å². The average molecular weight is 473 g/mol. The first-order valence-electron chi connectivity index (χ1n) is 13.8. The van der Waals surface area contributed by atoms with E-state index >= 15 is 0 Å². The molecule has 4 aliphatic rings. The van der Waals surface area contributed by atoms with Crippen LogP contribution in [0.4, 0.5) is 0 Å². The Labute approximate surface area is 207 Å². The fourth-order valence-corrected chi connectivity index (χ4v) is 9.98. The zero-order valence-corrected chi connectivity index (χ0v) is 23.0. The quantitative estimate of drug-likeness (QED) is 0.416. The van der Waals surface area contributed by atoms with Gasteiger partial charge in [0, 0.05) is 30.1 Å². The molecule has 0 aliphatic heterocycles. The molecule has 4 nitrogen and oxygen atoms in total. The average Bonchev–Trinajstić information content (AvgIpc) is 2.73. The minimum Gasteiger partial charge on any atom is -0.462 e. The van der Waals surface area contributed by atoms with Crippen LogP contribution in [0, 0.1) is 44.8 Å². The number of hydrogen-bond acceptors (Lipinski definition) is 4. The van der Waals surface area contributed by atoms with Crippen molar-refractivity contribution in [1.29, 1.82) is 0 Å². The minimum absolute atomic E-state index is 0.00222. The maximum atomic E-state index is 14.0. The lowest BCUT2D eigenvalue weighted by molar-refractivity contribution is -0.235. The third-order valence-corrected chi connectivity index (χ3v) is 12.2. The number of hydrogen-bond donors (Lipinski definition) is 0. The second-order valence-corrected chi connectivity index (χ2v) is 14.2. The summed E-state index contributed by atoms with van der Waals surface area (Å²) in [5.41, 5.74) is -0.00808. The van der Waals surface area contributed by atoms with Gasteiger partial charge in [-0.05, 0) is 92.8 Å². The van der Waals surface area contributed by atoms with Gasteiger partial charge in [0.15, 0.2) is 0 Å². The zero-order valence-electron chi connectivity index (χ0n) is 23.0. The van der Waals surface area contributed by atoms with E-state index < -0.39 is 0 Å². The predicted molar refractivity (Wildman–Crippen MR) is 134 cm³/mol. The van der Waals surface area contributed by atoms with Gasteiger partial charge in [-0.15, -0.1) is 0 Å². The predicted octanol–water partition coefficient (Wildman–Crippen LogP) is 6.93. The van der Waals surface area contributed by atoms with Crippen LogP contribution in [0.25, 0.3) is 0 Å². The number of carbonyl (C=O) groups excluding carboxylic acids is 3. The van der Waals surface area contributed by atoms with Crippen molar-refractivity contribution in [2.24, 2.45) is 44.8 Å². The van der Waals surface area contributed by atoms with Crippen LogP contribution >= 0.6 is 0 Å². The smallest absolute Gasteiger partial charge is 0.302 e. The molecule has 0 bridgehead atoms. The topological polar surface area (TPSA) is 60.4 Å². The van der Waals surface area contributed by atoms with Crippen molar-refractivity contribution in [3.8, 4) is 0 Å². The first-order valence-corrected chi connectivity index (χ1v) is 13.8. The summed E-state index contributed by atoms with van der Waals surface area (Å²) in [6, 6.07) is 0. The standard InChI is InChI=1S/C30H48O4/c1-19(31)11-14-27(5)17-18-29(7)21(25(27)33)9-10-23-28(6)15-13-24(34-20(2)32)26(3,4)22(28)12-16-30(23,29)8/h21-24H,9-18H2,1-8H3/t21-,22+,23-,24+,27-,28+,29-,30-/m1/s1. The van der Waals surface area contributed by atoms with Crippen LogP contribution in [0.1, 0.15) is 120 Å². The first kappa shape index (κ1) is 25.9. The highest BCUT2D eigenvalue weighted by Crippen LogP contribution is 2.74. The number of Topliss-reactive ketones (excluding diaryl/α,β-unsaturated/α-hetero) is 2. The van der Waals surface area contributed by atoms with Crippen LogP contribution in [0.3, 0.4) is 0 Å². The molecule has 4 fully saturated rings. The summed E-state index contributed by atoms with van der Waals surface area (Å²) >= 11 is 0. The van der Waals surface area contributed by atoms with Crippen molar-refractivity contribution in [2.75, 3.05) is 0 Å². The molecule has 0 unspecified atom stereocenters. The molecule has 0 N–H and O–H groups in total. The summed E-state index contributed by atoms with van der Waals surface area (Å²) in [6.07, 6.45) is 9.66. The van der Waals surface area contributed by atoms with Crippen molar-refractivity contribution in [3.63, 3.8) is 0 Å². The highest BCUT2D eigenvalue weighted by molar-refractivity contribution is 5.89. The fraction of sp³-hybridized carbons (Fsp3) is 0.900. The summed E-state index contributed by atoms with van der Waals surface area (Å²) in [4.78, 5) is 37.5. The van der Waals surface area contributed by atoms with Crippen LogP contribution in [0.15, 0.2) is 0 Å². The summed E-state index contributed by atoms with van der Waals surface area (Å²) in [5, 5.41) is 0. The van der Waals surface area contributed by atoms with E-state index in [1.54, 1.807) is 6.92 Å². The monoisotopic (exact) mass is 472 g/mol. The van der Waals surface area contributed by atoms with Gasteiger partial charge in [-0.1, -0.05) is 41.5 Å².